The number of hydrogen-bond acceptors (Lipinski definition) is 4. The van der Waals surface area contributed by atoms with Crippen LogP contribution in [0.5, 0.6) is 0 Å². The van der Waals surface area contributed by atoms with E-state index < -0.39 is 0 Å². The Labute approximate surface area is 114 Å². The molecular formula is C14H14N2O2S. The van der Waals surface area contributed by atoms with Gasteiger partial charge in [0.15, 0.2) is 0 Å². The van der Waals surface area contributed by atoms with Gasteiger partial charge in [0.2, 0.25) is 0 Å². The lowest BCUT2D eigenvalue weighted by Crippen LogP contribution is -2.22. The maximum Gasteiger partial charge on any atom is 0.263 e. The maximum atomic E-state index is 12.7. The minimum atomic E-state index is 0.0997. The van der Waals surface area contributed by atoms with Crippen molar-refractivity contribution in [1.29, 1.82) is 0 Å². The maximum absolute atomic E-state index is 12.7. The standard InChI is InChI=1S/C14H14N2O2S/c1-18-8-6-11-15-13-12(14(17)16(11)7-8)9-4-2-3-5-10(9)19-13/h6H,2-5,7H2,1H3. The van der Waals surface area contributed by atoms with E-state index in [9.17, 15) is 4.79 Å². The van der Waals surface area contributed by atoms with E-state index in [1.54, 1.807) is 23.0 Å². The molecule has 0 atom stereocenters. The molecule has 1 aliphatic carbocycles. The van der Waals surface area contributed by atoms with Crippen molar-refractivity contribution in [3.8, 4) is 0 Å². The van der Waals surface area contributed by atoms with Gasteiger partial charge in [0.25, 0.3) is 5.56 Å². The van der Waals surface area contributed by atoms with E-state index >= 15 is 0 Å². The molecule has 4 nitrogen and oxygen atoms in total. The molecule has 0 fully saturated rings. The third-order valence-corrected chi connectivity index (χ3v) is 5.16. The Kier molecular flexibility index (Phi) is 2.33. The van der Waals surface area contributed by atoms with E-state index in [0.29, 0.717) is 6.54 Å². The summed E-state index contributed by atoms with van der Waals surface area (Å²) in [6.07, 6.45) is 6.40. The minimum Gasteiger partial charge on any atom is -0.499 e. The Morgan fingerprint density at radius 3 is 3.05 bits per heavy atom. The van der Waals surface area contributed by atoms with Crippen LogP contribution in [0.25, 0.3) is 16.3 Å². The van der Waals surface area contributed by atoms with Crippen molar-refractivity contribution in [3.63, 3.8) is 0 Å². The van der Waals surface area contributed by atoms with Crippen molar-refractivity contribution in [1.82, 2.24) is 9.55 Å². The zero-order valence-electron chi connectivity index (χ0n) is 10.7. The third-order valence-electron chi connectivity index (χ3n) is 3.97. The van der Waals surface area contributed by atoms with Crippen LogP contribution in [0.4, 0.5) is 0 Å². The van der Waals surface area contributed by atoms with Gasteiger partial charge in [0, 0.05) is 11.0 Å². The molecule has 0 amide bonds. The average Bonchev–Trinajstić information content (AvgIpc) is 2.99. The number of ether oxygens (including phenoxy) is 1. The number of thiophene rings is 1. The summed E-state index contributed by atoms with van der Waals surface area (Å²) < 4.78 is 6.95. The summed E-state index contributed by atoms with van der Waals surface area (Å²) >= 11 is 1.69. The average molecular weight is 274 g/mol. The van der Waals surface area contributed by atoms with Crippen LogP contribution in [0.1, 0.15) is 29.1 Å². The number of aromatic nitrogens is 2. The van der Waals surface area contributed by atoms with Gasteiger partial charge in [-0.15, -0.1) is 11.3 Å². The van der Waals surface area contributed by atoms with Crippen LogP contribution in [-0.2, 0) is 24.1 Å². The quantitative estimate of drug-likeness (QED) is 0.801. The summed E-state index contributed by atoms with van der Waals surface area (Å²) in [4.78, 5) is 19.6. The molecule has 2 aromatic rings. The molecule has 0 bridgehead atoms. The normalized spacial score (nSPS) is 17.2. The van der Waals surface area contributed by atoms with E-state index in [0.717, 1.165) is 34.6 Å². The molecule has 0 radical (unpaired) electrons. The molecular weight excluding hydrogens is 260 g/mol. The van der Waals surface area contributed by atoms with Crippen molar-refractivity contribution in [2.45, 2.75) is 32.2 Å². The fraction of sp³-hybridized carbons (Fsp3) is 0.429. The Hall–Kier alpha value is -1.62. The van der Waals surface area contributed by atoms with Gasteiger partial charge >= 0.3 is 0 Å². The number of methoxy groups -OCH3 is 1. The molecule has 3 heterocycles. The smallest absolute Gasteiger partial charge is 0.263 e. The van der Waals surface area contributed by atoms with Gasteiger partial charge in [0.05, 0.1) is 19.0 Å². The summed E-state index contributed by atoms with van der Waals surface area (Å²) in [6, 6.07) is 0. The molecule has 0 unspecified atom stereocenters. The number of nitrogens with zero attached hydrogens (tertiary/aromatic N) is 2. The zero-order chi connectivity index (χ0) is 13.0. The molecule has 98 valence electrons. The first-order chi connectivity index (χ1) is 9.28. The van der Waals surface area contributed by atoms with Gasteiger partial charge < -0.3 is 4.74 Å². The SMILES string of the molecule is COC1=Cc2nc3sc4c(c3c(=O)n2C1)CCCC4. The van der Waals surface area contributed by atoms with Gasteiger partial charge in [-0.2, -0.15) is 0 Å². The van der Waals surface area contributed by atoms with Gasteiger partial charge in [-0.25, -0.2) is 4.98 Å². The van der Waals surface area contributed by atoms with E-state index in [2.05, 4.69) is 4.98 Å². The molecule has 5 heteroatoms. The molecule has 19 heavy (non-hydrogen) atoms. The summed E-state index contributed by atoms with van der Waals surface area (Å²) in [5, 5.41) is 0.856. The summed E-state index contributed by atoms with van der Waals surface area (Å²) in [5.74, 6) is 1.53. The van der Waals surface area contributed by atoms with E-state index in [-0.39, 0.29) is 5.56 Å². The topological polar surface area (TPSA) is 44.1 Å². The van der Waals surface area contributed by atoms with Crippen molar-refractivity contribution < 1.29 is 4.74 Å². The predicted molar refractivity (Wildman–Crippen MR) is 75.5 cm³/mol. The lowest BCUT2D eigenvalue weighted by Gasteiger charge is -2.10. The van der Waals surface area contributed by atoms with Crippen LogP contribution < -0.4 is 5.56 Å². The first-order valence-electron chi connectivity index (χ1n) is 6.57. The van der Waals surface area contributed by atoms with Crippen LogP contribution in [0.2, 0.25) is 0 Å². The lowest BCUT2D eigenvalue weighted by atomic mass is 9.97. The molecule has 1 aliphatic heterocycles. The second kappa shape index (κ2) is 3.93. The Balaban J connectivity index is 2.02. The molecule has 0 spiro atoms. The van der Waals surface area contributed by atoms with Crippen molar-refractivity contribution in [2.24, 2.45) is 0 Å². The predicted octanol–water partition coefficient (Wildman–Crippen LogP) is 2.34. The van der Waals surface area contributed by atoms with E-state index in [1.807, 2.05) is 6.08 Å². The monoisotopic (exact) mass is 274 g/mol. The largest absolute Gasteiger partial charge is 0.499 e. The summed E-state index contributed by atoms with van der Waals surface area (Å²) in [7, 11) is 1.63. The van der Waals surface area contributed by atoms with Crippen molar-refractivity contribution in [2.75, 3.05) is 7.11 Å². The molecule has 0 saturated heterocycles. The fourth-order valence-corrected chi connectivity index (χ4v) is 4.24. The summed E-state index contributed by atoms with van der Waals surface area (Å²) in [5.41, 5.74) is 1.35. The second-order valence-corrected chi connectivity index (χ2v) is 6.15. The highest BCUT2D eigenvalue weighted by Gasteiger charge is 2.24. The van der Waals surface area contributed by atoms with Crippen LogP contribution in [0, 0.1) is 0 Å². The van der Waals surface area contributed by atoms with Gasteiger partial charge in [-0.3, -0.25) is 9.36 Å². The zero-order valence-corrected chi connectivity index (χ0v) is 11.5. The number of aryl methyl sites for hydroxylation is 2. The highest BCUT2D eigenvalue weighted by molar-refractivity contribution is 7.18. The Morgan fingerprint density at radius 1 is 1.37 bits per heavy atom. The highest BCUT2D eigenvalue weighted by atomic mass is 32.1. The fourth-order valence-electron chi connectivity index (χ4n) is 2.99. The molecule has 4 rings (SSSR count). The lowest BCUT2D eigenvalue weighted by molar-refractivity contribution is 0.278. The first-order valence-corrected chi connectivity index (χ1v) is 7.39. The third kappa shape index (κ3) is 1.51. The molecule has 0 saturated carbocycles. The first kappa shape index (κ1) is 11.2. The van der Waals surface area contributed by atoms with Crippen LogP contribution >= 0.6 is 11.3 Å². The summed E-state index contributed by atoms with van der Waals surface area (Å²) in [6.45, 7) is 0.512. The number of allylic oxidation sites excluding steroid dienone is 1. The van der Waals surface area contributed by atoms with Crippen LogP contribution in [0.3, 0.4) is 0 Å². The second-order valence-electron chi connectivity index (χ2n) is 5.07. The number of rotatable bonds is 1. The van der Waals surface area contributed by atoms with E-state index in [4.69, 9.17) is 4.74 Å². The number of fused-ring (bicyclic) bond motifs is 4. The minimum absolute atomic E-state index is 0.0997. The molecule has 0 N–H and O–H groups in total. The molecule has 0 aromatic carbocycles. The number of hydrogen-bond donors (Lipinski definition) is 0. The molecule has 2 aliphatic rings. The van der Waals surface area contributed by atoms with Crippen molar-refractivity contribution >= 4 is 27.6 Å². The van der Waals surface area contributed by atoms with Gasteiger partial charge in [0.1, 0.15) is 16.4 Å². The molecule has 2 aromatic heterocycles. The van der Waals surface area contributed by atoms with Crippen molar-refractivity contribution in [3.05, 3.63) is 32.4 Å². The van der Waals surface area contributed by atoms with E-state index in [1.165, 1.54) is 23.3 Å². The van der Waals surface area contributed by atoms with Crippen LogP contribution in [-0.4, -0.2) is 16.7 Å². The van der Waals surface area contributed by atoms with Crippen LogP contribution in [0.15, 0.2) is 10.6 Å². The Bertz CT molecular complexity index is 770. The Morgan fingerprint density at radius 2 is 2.21 bits per heavy atom. The highest BCUT2D eigenvalue weighted by Crippen LogP contribution is 2.34. The van der Waals surface area contributed by atoms with Gasteiger partial charge in [-0.05, 0) is 31.2 Å². The van der Waals surface area contributed by atoms with Gasteiger partial charge in [-0.1, -0.05) is 0 Å².